The second kappa shape index (κ2) is 4.39. The smallest absolute Gasteiger partial charge is 0.182 e. The summed E-state index contributed by atoms with van der Waals surface area (Å²) in [4.78, 5) is 0.119. The molecule has 1 aromatic heterocycles. The fourth-order valence-corrected chi connectivity index (χ4v) is 2.95. The summed E-state index contributed by atoms with van der Waals surface area (Å²) in [7, 11) is -3.28. The van der Waals surface area contributed by atoms with Crippen LogP contribution in [0.25, 0.3) is 0 Å². The molecule has 7 heteroatoms. The van der Waals surface area contributed by atoms with Crippen molar-refractivity contribution in [2.24, 2.45) is 0 Å². The van der Waals surface area contributed by atoms with Gasteiger partial charge in [0.05, 0.1) is 18.5 Å². The largest absolute Gasteiger partial charge is 0.254 e. The van der Waals surface area contributed by atoms with Crippen molar-refractivity contribution in [1.29, 1.82) is 0 Å². The SMILES string of the molecule is CCS(=O)(=O)c1cnn(CCF)c1Br. The van der Waals surface area contributed by atoms with Crippen LogP contribution >= 0.6 is 15.9 Å². The molecule has 1 heterocycles. The zero-order valence-electron chi connectivity index (χ0n) is 7.57. The van der Waals surface area contributed by atoms with Crippen molar-refractivity contribution in [2.45, 2.75) is 18.4 Å². The van der Waals surface area contributed by atoms with Crippen LogP contribution in [0.1, 0.15) is 6.92 Å². The van der Waals surface area contributed by atoms with E-state index >= 15 is 0 Å². The molecule has 0 unspecified atom stereocenters. The van der Waals surface area contributed by atoms with Crippen LogP contribution in [0, 0.1) is 0 Å². The minimum atomic E-state index is -3.28. The highest BCUT2D eigenvalue weighted by atomic mass is 79.9. The van der Waals surface area contributed by atoms with Gasteiger partial charge in [0.25, 0.3) is 0 Å². The number of halogens is 2. The van der Waals surface area contributed by atoms with Gasteiger partial charge in [-0.1, -0.05) is 6.92 Å². The summed E-state index contributed by atoms with van der Waals surface area (Å²) in [5.41, 5.74) is 0. The van der Waals surface area contributed by atoms with E-state index in [1.54, 1.807) is 6.92 Å². The summed E-state index contributed by atoms with van der Waals surface area (Å²) < 4.78 is 36.5. The van der Waals surface area contributed by atoms with Crippen molar-refractivity contribution in [2.75, 3.05) is 12.4 Å². The van der Waals surface area contributed by atoms with Crippen molar-refractivity contribution in [3.05, 3.63) is 10.8 Å². The number of aryl methyl sites for hydroxylation is 1. The number of aromatic nitrogens is 2. The Kier molecular flexibility index (Phi) is 3.65. The first kappa shape index (κ1) is 11.6. The van der Waals surface area contributed by atoms with Crippen LogP contribution in [0.3, 0.4) is 0 Å². The van der Waals surface area contributed by atoms with E-state index in [0.717, 1.165) is 0 Å². The van der Waals surface area contributed by atoms with Gasteiger partial charge in [0, 0.05) is 0 Å². The Hall–Kier alpha value is -0.430. The van der Waals surface area contributed by atoms with E-state index < -0.39 is 16.5 Å². The summed E-state index contributed by atoms with van der Waals surface area (Å²) in [5.74, 6) is 0.00686. The number of alkyl halides is 1. The van der Waals surface area contributed by atoms with E-state index in [9.17, 15) is 12.8 Å². The third-order valence-corrected chi connectivity index (χ3v) is 4.58. The molecule has 1 aromatic rings. The molecule has 1 rings (SSSR count). The summed E-state index contributed by atoms with van der Waals surface area (Å²) in [6, 6.07) is 0. The standard InChI is InChI=1S/C7H10BrFN2O2S/c1-2-14(12,13)6-5-10-11(4-3-9)7(6)8/h5H,2-4H2,1H3. The maximum absolute atomic E-state index is 12.0. The summed E-state index contributed by atoms with van der Waals surface area (Å²) >= 11 is 3.08. The molecule has 0 spiro atoms. The monoisotopic (exact) mass is 284 g/mol. The number of hydrogen-bond donors (Lipinski definition) is 0. The summed E-state index contributed by atoms with van der Waals surface area (Å²) in [6.45, 7) is 1.03. The summed E-state index contributed by atoms with van der Waals surface area (Å²) in [6.07, 6.45) is 1.23. The van der Waals surface area contributed by atoms with Gasteiger partial charge in [-0.25, -0.2) is 12.8 Å². The molecular formula is C7H10BrFN2O2S. The van der Waals surface area contributed by atoms with Gasteiger partial charge in [0.15, 0.2) is 9.84 Å². The molecule has 0 aromatic carbocycles. The molecule has 0 aliphatic carbocycles. The van der Waals surface area contributed by atoms with Crippen LogP contribution < -0.4 is 0 Å². The highest BCUT2D eigenvalue weighted by molar-refractivity contribution is 9.10. The topological polar surface area (TPSA) is 52.0 Å². The second-order valence-corrected chi connectivity index (χ2v) is 5.61. The van der Waals surface area contributed by atoms with E-state index in [2.05, 4.69) is 21.0 Å². The third-order valence-electron chi connectivity index (χ3n) is 1.76. The molecule has 0 aliphatic rings. The molecule has 0 N–H and O–H groups in total. The Labute approximate surface area is 90.2 Å². The fourth-order valence-electron chi connectivity index (χ4n) is 0.953. The Morgan fingerprint density at radius 2 is 2.29 bits per heavy atom. The van der Waals surface area contributed by atoms with Gasteiger partial charge in [0.1, 0.15) is 16.2 Å². The Morgan fingerprint density at radius 1 is 1.64 bits per heavy atom. The molecule has 0 fully saturated rings. The van der Waals surface area contributed by atoms with Crippen LogP contribution in [-0.4, -0.2) is 30.6 Å². The van der Waals surface area contributed by atoms with Gasteiger partial charge in [-0.15, -0.1) is 0 Å². The van der Waals surface area contributed by atoms with E-state index in [1.165, 1.54) is 10.9 Å². The highest BCUT2D eigenvalue weighted by Gasteiger charge is 2.19. The van der Waals surface area contributed by atoms with Gasteiger partial charge >= 0.3 is 0 Å². The molecule has 0 radical (unpaired) electrons. The molecule has 14 heavy (non-hydrogen) atoms. The van der Waals surface area contributed by atoms with Crippen LogP contribution in [0.5, 0.6) is 0 Å². The fraction of sp³-hybridized carbons (Fsp3) is 0.571. The molecule has 0 aliphatic heterocycles. The van der Waals surface area contributed by atoms with Crippen molar-refractivity contribution in [1.82, 2.24) is 9.78 Å². The van der Waals surface area contributed by atoms with Gasteiger partial charge in [0.2, 0.25) is 0 Å². The predicted octanol–water partition coefficient (Wildman–Crippen LogP) is 1.41. The molecule has 0 saturated carbocycles. The maximum Gasteiger partial charge on any atom is 0.182 e. The third kappa shape index (κ3) is 2.14. The molecule has 0 atom stereocenters. The normalized spacial score (nSPS) is 11.9. The average molecular weight is 285 g/mol. The lowest BCUT2D eigenvalue weighted by atomic mass is 10.7. The van der Waals surface area contributed by atoms with Crippen molar-refractivity contribution < 1.29 is 12.8 Å². The number of rotatable bonds is 4. The molecule has 80 valence electrons. The van der Waals surface area contributed by atoms with Gasteiger partial charge in [-0.05, 0) is 15.9 Å². The minimum absolute atomic E-state index is 0.00686. The van der Waals surface area contributed by atoms with E-state index in [0.29, 0.717) is 4.60 Å². The first-order valence-corrected chi connectivity index (χ1v) is 6.47. The second-order valence-electron chi connectivity index (χ2n) is 2.62. The first-order chi connectivity index (χ1) is 6.53. The number of sulfone groups is 1. The van der Waals surface area contributed by atoms with E-state index in [1.807, 2.05) is 0 Å². The average Bonchev–Trinajstić information content (AvgIpc) is 2.50. The Morgan fingerprint density at radius 3 is 2.79 bits per heavy atom. The van der Waals surface area contributed by atoms with Crippen molar-refractivity contribution in [3.8, 4) is 0 Å². The lowest BCUT2D eigenvalue weighted by molar-refractivity contribution is 0.423. The summed E-state index contributed by atoms with van der Waals surface area (Å²) in [5, 5.41) is 3.77. The first-order valence-electron chi connectivity index (χ1n) is 4.03. The maximum atomic E-state index is 12.0. The zero-order valence-corrected chi connectivity index (χ0v) is 9.98. The number of hydrogen-bond acceptors (Lipinski definition) is 3. The molecule has 4 nitrogen and oxygen atoms in total. The lowest BCUT2D eigenvalue weighted by Gasteiger charge is -2.00. The van der Waals surface area contributed by atoms with E-state index in [4.69, 9.17) is 0 Å². The van der Waals surface area contributed by atoms with Crippen molar-refractivity contribution >= 4 is 25.8 Å². The predicted molar refractivity (Wildman–Crippen MR) is 53.6 cm³/mol. The van der Waals surface area contributed by atoms with Crippen LogP contribution in [0.2, 0.25) is 0 Å². The molecular weight excluding hydrogens is 275 g/mol. The van der Waals surface area contributed by atoms with Crippen LogP contribution in [0.4, 0.5) is 4.39 Å². The molecule has 0 amide bonds. The minimum Gasteiger partial charge on any atom is -0.254 e. The quantitative estimate of drug-likeness (QED) is 0.840. The number of nitrogens with zero attached hydrogens (tertiary/aromatic N) is 2. The van der Waals surface area contributed by atoms with Crippen LogP contribution in [-0.2, 0) is 16.4 Å². The Bertz CT molecular complexity index is 415. The molecule has 0 saturated heterocycles. The lowest BCUT2D eigenvalue weighted by Crippen LogP contribution is -2.05. The Balaban J connectivity index is 3.13. The molecule has 0 bridgehead atoms. The van der Waals surface area contributed by atoms with Gasteiger partial charge in [-0.2, -0.15) is 5.10 Å². The van der Waals surface area contributed by atoms with Gasteiger partial charge in [-0.3, -0.25) is 4.68 Å². The zero-order chi connectivity index (χ0) is 10.8. The van der Waals surface area contributed by atoms with Gasteiger partial charge < -0.3 is 0 Å². The van der Waals surface area contributed by atoms with E-state index in [-0.39, 0.29) is 17.2 Å². The van der Waals surface area contributed by atoms with Crippen LogP contribution in [0.15, 0.2) is 15.7 Å². The highest BCUT2D eigenvalue weighted by Crippen LogP contribution is 2.22. The van der Waals surface area contributed by atoms with Crippen molar-refractivity contribution in [3.63, 3.8) is 0 Å².